The molecule has 1 aliphatic carbocycles. The molecular formula is C45H50N4O8S. The van der Waals surface area contributed by atoms with Gasteiger partial charge in [0.05, 0.1) is 18.0 Å². The molecule has 1 fully saturated rings. The first-order chi connectivity index (χ1) is 28.0. The Kier molecular flexibility index (Phi) is 13.9. The van der Waals surface area contributed by atoms with Gasteiger partial charge in [0.15, 0.2) is 5.78 Å². The van der Waals surface area contributed by atoms with Crippen molar-refractivity contribution in [1.29, 1.82) is 5.41 Å². The third-order valence-electron chi connectivity index (χ3n) is 10.8. The van der Waals surface area contributed by atoms with Crippen LogP contribution in [0.1, 0.15) is 73.6 Å². The minimum Gasteiger partial charge on any atom is -0.467 e. The number of nitrogens with one attached hydrogen (secondary N) is 3. The fourth-order valence-corrected chi connectivity index (χ4v) is 9.49. The Morgan fingerprint density at radius 1 is 0.810 bits per heavy atom. The van der Waals surface area contributed by atoms with Gasteiger partial charge in [-0.05, 0) is 84.5 Å². The molecule has 4 aromatic rings. The Balaban J connectivity index is 1.07. The SMILES string of the molecule is COC(=O)[C@H](Cc1ccc(CC(=O)[C@@H](CCCCC(C)=N)NC(=O)OCC2c3ccccc3-c3ccccc32)cc1)NC(=O)[C@@H]1CCCN1S(=O)(=O)c1ccccc1. The van der Waals surface area contributed by atoms with Gasteiger partial charge in [-0.25, -0.2) is 18.0 Å². The molecule has 1 heterocycles. The molecule has 0 saturated carbocycles. The van der Waals surface area contributed by atoms with Crippen molar-refractivity contribution < 1.29 is 37.1 Å². The summed E-state index contributed by atoms with van der Waals surface area (Å²) in [6, 6.07) is 28.2. The van der Waals surface area contributed by atoms with Gasteiger partial charge in [-0.3, -0.25) is 9.59 Å². The molecule has 3 N–H and O–H groups in total. The lowest BCUT2D eigenvalue weighted by atomic mass is 9.97. The number of amides is 2. The number of alkyl carbamates (subject to hydrolysis) is 1. The summed E-state index contributed by atoms with van der Waals surface area (Å²) in [6.07, 6.45) is 2.57. The van der Waals surface area contributed by atoms with Crippen LogP contribution in [0.15, 0.2) is 108 Å². The largest absolute Gasteiger partial charge is 0.467 e. The Bertz CT molecular complexity index is 2180. The highest BCUT2D eigenvalue weighted by Gasteiger charge is 2.40. The molecule has 0 radical (unpaired) electrons. The lowest BCUT2D eigenvalue weighted by molar-refractivity contribution is -0.145. The number of ether oxygens (including phenoxy) is 2. The standard InChI is InChI=1S/C45H50N4O8S/c1-30(46)13-6-11-20-39(48-45(53)57-29-38-36-18-9-7-16-34(36)35-17-8-10-19-37(35)38)42(50)28-32-24-22-31(23-25-32)27-40(44(52)56-2)47-43(51)41-21-12-26-49(41)58(54,55)33-14-4-3-5-15-33/h3-5,7-10,14-19,22-25,38-41,46H,6,11-13,20-21,26-29H2,1-2H3,(H,47,51)(H,48,53)/t39-,40+,41+/m1/s1. The Hall–Kier alpha value is -5.66. The zero-order valence-corrected chi connectivity index (χ0v) is 33.6. The number of benzene rings is 4. The molecule has 1 aliphatic heterocycles. The molecule has 4 aromatic carbocycles. The number of fused-ring (bicyclic) bond motifs is 3. The number of ketones is 1. The number of methoxy groups -OCH3 is 1. The van der Waals surface area contributed by atoms with Crippen LogP contribution in [-0.4, -0.2) is 80.6 Å². The summed E-state index contributed by atoms with van der Waals surface area (Å²) >= 11 is 0. The van der Waals surface area contributed by atoms with Gasteiger partial charge in [0.2, 0.25) is 15.9 Å². The Morgan fingerprint density at radius 3 is 2.07 bits per heavy atom. The Morgan fingerprint density at radius 2 is 1.43 bits per heavy atom. The number of Topliss-reactive ketones (excluding diaryl/α,β-unsaturated/α-hetero) is 1. The highest BCUT2D eigenvalue weighted by atomic mass is 32.2. The second kappa shape index (κ2) is 19.2. The summed E-state index contributed by atoms with van der Waals surface area (Å²) in [4.78, 5) is 53.4. The maximum atomic E-state index is 13.7. The number of rotatable bonds is 18. The van der Waals surface area contributed by atoms with Gasteiger partial charge < -0.3 is 25.5 Å². The molecule has 6 rings (SSSR count). The molecule has 2 aliphatic rings. The maximum absolute atomic E-state index is 13.7. The van der Waals surface area contributed by atoms with Crippen molar-refractivity contribution >= 4 is 39.5 Å². The fraction of sp³-hybridized carbons (Fsp3) is 0.356. The summed E-state index contributed by atoms with van der Waals surface area (Å²) in [6.45, 7) is 2.04. The first-order valence-electron chi connectivity index (χ1n) is 19.7. The summed E-state index contributed by atoms with van der Waals surface area (Å²) < 4.78 is 38.7. The smallest absolute Gasteiger partial charge is 0.407 e. The zero-order chi connectivity index (χ0) is 41.2. The number of nitrogens with zero attached hydrogens (tertiary/aromatic N) is 1. The third-order valence-corrected chi connectivity index (χ3v) is 12.7. The van der Waals surface area contributed by atoms with Gasteiger partial charge in [-0.15, -0.1) is 0 Å². The van der Waals surface area contributed by atoms with Crippen LogP contribution in [0.2, 0.25) is 0 Å². The normalized spacial score (nSPS) is 16.1. The molecule has 3 atom stereocenters. The van der Waals surface area contributed by atoms with Gasteiger partial charge >= 0.3 is 12.1 Å². The number of carbonyl (C=O) groups excluding carboxylic acids is 4. The minimum atomic E-state index is -3.93. The van der Waals surface area contributed by atoms with Crippen LogP contribution in [0.25, 0.3) is 11.1 Å². The first kappa shape index (κ1) is 42.0. The lowest BCUT2D eigenvalue weighted by Gasteiger charge is -2.25. The maximum Gasteiger partial charge on any atom is 0.407 e. The predicted octanol–water partition coefficient (Wildman–Crippen LogP) is 6.36. The molecule has 0 bridgehead atoms. The first-order valence-corrected chi connectivity index (χ1v) is 21.1. The van der Waals surface area contributed by atoms with E-state index in [-0.39, 0.29) is 42.6 Å². The number of unbranched alkanes of at least 4 members (excludes halogenated alkanes) is 1. The molecule has 13 heteroatoms. The van der Waals surface area contributed by atoms with Gasteiger partial charge in [0.1, 0.15) is 18.7 Å². The van der Waals surface area contributed by atoms with E-state index in [0.717, 1.165) is 22.3 Å². The van der Waals surface area contributed by atoms with Crippen molar-refractivity contribution in [2.75, 3.05) is 20.3 Å². The molecule has 0 unspecified atom stereocenters. The second-order valence-electron chi connectivity index (χ2n) is 14.9. The van der Waals surface area contributed by atoms with Crippen LogP contribution in [-0.2, 0) is 46.7 Å². The summed E-state index contributed by atoms with van der Waals surface area (Å²) in [5.74, 6) is -1.58. The number of esters is 1. The number of sulfonamides is 1. The fourth-order valence-electron chi connectivity index (χ4n) is 7.81. The number of hydrogen-bond donors (Lipinski definition) is 3. The van der Waals surface area contributed by atoms with Crippen LogP contribution >= 0.6 is 0 Å². The van der Waals surface area contributed by atoms with E-state index in [1.54, 1.807) is 49.4 Å². The molecule has 12 nitrogen and oxygen atoms in total. The molecule has 0 spiro atoms. The number of hydrogen-bond acceptors (Lipinski definition) is 9. The molecule has 0 aromatic heterocycles. The van der Waals surface area contributed by atoms with E-state index in [4.69, 9.17) is 14.9 Å². The number of carbonyl (C=O) groups is 4. The highest BCUT2D eigenvalue weighted by molar-refractivity contribution is 7.89. The average molecular weight is 807 g/mol. The van der Waals surface area contributed by atoms with E-state index < -0.39 is 46.1 Å². The van der Waals surface area contributed by atoms with Crippen molar-refractivity contribution in [2.24, 2.45) is 0 Å². The van der Waals surface area contributed by atoms with E-state index >= 15 is 0 Å². The zero-order valence-electron chi connectivity index (χ0n) is 32.8. The monoisotopic (exact) mass is 806 g/mol. The van der Waals surface area contributed by atoms with Gasteiger partial charge in [-0.2, -0.15) is 4.31 Å². The average Bonchev–Trinajstić information content (AvgIpc) is 3.86. The van der Waals surface area contributed by atoms with Crippen LogP contribution in [0.4, 0.5) is 4.79 Å². The van der Waals surface area contributed by atoms with Gasteiger partial charge in [0.25, 0.3) is 0 Å². The Labute approximate surface area is 339 Å². The van der Waals surface area contributed by atoms with Crippen molar-refractivity contribution in [1.82, 2.24) is 14.9 Å². The molecule has 304 valence electrons. The summed E-state index contributed by atoms with van der Waals surface area (Å²) in [7, 11) is -2.71. The second-order valence-corrected chi connectivity index (χ2v) is 16.8. The van der Waals surface area contributed by atoms with Crippen LogP contribution < -0.4 is 10.6 Å². The van der Waals surface area contributed by atoms with Crippen molar-refractivity contribution in [3.05, 3.63) is 125 Å². The topological polar surface area (TPSA) is 172 Å². The van der Waals surface area contributed by atoms with Gasteiger partial charge in [0, 0.05) is 31.0 Å². The van der Waals surface area contributed by atoms with E-state index in [2.05, 4.69) is 22.8 Å². The van der Waals surface area contributed by atoms with Gasteiger partial charge in [-0.1, -0.05) is 97.4 Å². The molecule has 2 amide bonds. The van der Waals surface area contributed by atoms with E-state index in [9.17, 15) is 27.6 Å². The van der Waals surface area contributed by atoms with Crippen molar-refractivity contribution in [3.63, 3.8) is 0 Å². The molecule has 1 saturated heterocycles. The molecule has 58 heavy (non-hydrogen) atoms. The van der Waals surface area contributed by atoms with E-state index in [1.165, 1.54) is 23.5 Å². The highest BCUT2D eigenvalue weighted by Crippen LogP contribution is 2.44. The van der Waals surface area contributed by atoms with E-state index in [1.807, 2.05) is 36.4 Å². The lowest BCUT2D eigenvalue weighted by Crippen LogP contribution is -2.51. The summed E-state index contributed by atoms with van der Waals surface area (Å²) in [5.41, 5.74) is 6.33. The summed E-state index contributed by atoms with van der Waals surface area (Å²) in [5, 5.41) is 13.3. The van der Waals surface area contributed by atoms with Crippen molar-refractivity contribution in [2.45, 2.75) is 87.2 Å². The van der Waals surface area contributed by atoms with Crippen LogP contribution in [0, 0.1) is 5.41 Å². The minimum absolute atomic E-state index is 0.0305. The predicted molar refractivity (Wildman–Crippen MR) is 220 cm³/mol. The third kappa shape index (κ3) is 10.1. The van der Waals surface area contributed by atoms with Crippen LogP contribution in [0.3, 0.4) is 0 Å². The van der Waals surface area contributed by atoms with Crippen LogP contribution in [0.5, 0.6) is 0 Å². The quantitative estimate of drug-likeness (QED) is 0.0593. The van der Waals surface area contributed by atoms with E-state index in [0.29, 0.717) is 55.4 Å². The molecular weight excluding hydrogens is 757 g/mol. The van der Waals surface area contributed by atoms with Crippen molar-refractivity contribution in [3.8, 4) is 11.1 Å².